The first-order valence-electron chi connectivity index (χ1n) is 7.42. The molecule has 0 heterocycles. The zero-order valence-corrected chi connectivity index (χ0v) is 12.6. The van der Waals surface area contributed by atoms with Crippen LogP contribution in [0.2, 0.25) is 0 Å². The second-order valence-electron chi connectivity index (χ2n) is 5.41. The lowest BCUT2D eigenvalue weighted by molar-refractivity contribution is 0.0460. The summed E-state index contributed by atoms with van der Waals surface area (Å²) >= 11 is 0. The molecular formula is C15H33NO. The lowest BCUT2D eigenvalue weighted by Gasteiger charge is -2.33. The summed E-state index contributed by atoms with van der Waals surface area (Å²) in [7, 11) is 0. The van der Waals surface area contributed by atoms with E-state index in [1.54, 1.807) is 0 Å². The fraction of sp³-hybridized carbons (Fsp3) is 1.00. The highest BCUT2D eigenvalue weighted by atomic mass is 16.5. The molecule has 0 aliphatic rings. The summed E-state index contributed by atoms with van der Waals surface area (Å²) < 4.78 is 5.73. The molecule has 0 spiro atoms. The molecule has 0 radical (unpaired) electrons. The van der Waals surface area contributed by atoms with Crippen molar-refractivity contribution in [3.63, 3.8) is 0 Å². The van der Waals surface area contributed by atoms with Crippen LogP contribution in [-0.2, 0) is 4.74 Å². The van der Waals surface area contributed by atoms with Gasteiger partial charge in [-0.3, -0.25) is 0 Å². The van der Waals surface area contributed by atoms with Crippen LogP contribution in [0.25, 0.3) is 0 Å². The molecular weight excluding hydrogens is 210 g/mol. The summed E-state index contributed by atoms with van der Waals surface area (Å²) in [6, 6.07) is 0. The molecule has 0 aliphatic carbocycles. The largest absolute Gasteiger partial charge is 0.379 e. The maximum Gasteiger partial charge on any atom is 0.0518 e. The average Bonchev–Trinajstić information content (AvgIpc) is 2.32. The van der Waals surface area contributed by atoms with Crippen LogP contribution in [0.5, 0.6) is 0 Å². The molecule has 1 unspecified atom stereocenters. The molecule has 0 fully saturated rings. The number of rotatable bonds is 11. The SMILES string of the molecule is CCCCC(CC)(CCOC(C)C)CNCC. The van der Waals surface area contributed by atoms with Crippen molar-refractivity contribution in [2.75, 3.05) is 19.7 Å². The second kappa shape index (κ2) is 9.90. The van der Waals surface area contributed by atoms with Crippen LogP contribution >= 0.6 is 0 Å². The van der Waals surface area contributed by atoms with E-state index in [4.69, 9.17) is 4.74 Å². The highest BCUT2D eigenvalue weighted by Crippen LogP contribution is 2.32. The molecule has 17 heavy (non-hydrogen) atoms. The predicted octanol–water partition coefficient (Wildman–Crippen LogP) is 4.00. The quantitative estimate of drug-likeness (QED) is 0.592. The Bertz CT molecular complexity index is 160. The van der Waals surface area contributed by atoms with E-state index in [0.29, 0.717) is 11.5 Å². The van der Waals surface area contributed by atoms with Crippen LogP contribution < -0.4 is 5.32 Å². The fourth-order valence-corrected chi connectivity index (χ4v) is 2.23. The third-order valence-electron chi connectivity index (χ3n) is 3.64. The zero-order valence-electron chi connectivity index (χ0n) is 12.6. The highest BCUT2D eigenvalue weighted by Gasteiger charge is 2.26. The van der Waals surface area contributed by atoms with Gasteiger partial charge in [0.05, 0.1) is 6.10 Å². The molecule has 0 aromatic carbocycles. The highest BCUT2D eigenvalue weighted by molar-refractivity contribution is 4.80. The molecule has 0 bridgehead atoms. The van der Waals surface area contributed by atoms with Crippen LogP contribution in [0.4, 0.5) is 0 Å². The number of ether oxygens (including phenoxy) is 1. The maximum atomic E-state index is 5.73. The molecule has 1 N–H and O–H groups in total. The Balaban J connectivity index is 4.22. The van der Waals surface area contributed by atoms with Crippen molar-refractivity contribution in [3.05, 3.63) is 0 Å². The number of unbranched alkanes of at least 4 members (excludes halogenated alkanes) is 1. The normalized spacial score (nSPS) is 15.2. The minimum absolute atomic E-state index is 0.356. The Morgan fingerprint density at radius 2 is 1.82 bits per heavy atom. The van der Waals surface area contributed by atoms with E-state index in [1.807, 2.05) is 0 Å². The van der Waals surface area contributed by atoms with Crippen LogP contribution in [0.15, 0.2) is 0 Å². The first-order valence-corrected chi connectivity index (χ1v) is 7.42. The average molecular weight is 243 g/mol. The predicted molar refractivity (Wildman–Crippen MR) is 76.5 cm³/mol. The summed E-state index contributed by atoms with van der Waals surface area (Å²) in [4.78, 5) is 0. The molecule has 0 amide bonds. The van der Waals surface area contributed by atoms with E-state index in [-0.39, 0.29) is 0 Å². The summed E-state index contributed by atoms with van der Waals surface area (Å²) in [5.74, 6) is 0. The number of nitrogens with one attached hydrogen (secondary N) is 1. The van der Waals surface area contributed by atoms with Crippen LogP contribution in [0.1, 0.15) is 66.7 Å². The molecule has 0 saturated heterocycles. The first-order chi connectivity index (χ1) is 8.10. The zero-order chi connectivity index (χ0) is 13.1. The van der Waals surface area contributed by atoms with Crippen LogP contribution in [0.3, 0.4) is 0 Å². The van der Waals surface area contributed by atoms with E-state index < -0.39 is 0 Å². The van der Waals surface area contributed by atoms with Gasteiger partial charge in [-0.2, -0.15) is 0 Å². The van der Waals surface area contributed by atoms with Gasteiger partial charge in [0, 0.05) is 13.2 Å². The van der Waals surface area contributed by atoms with E-state index in [9.17, 15) is 0 Å². The summed E-state index contributed by atoms with van der Waals surface area (Å²) in [5, 5.41) is 3.53. The molecule has 2 heteroatoms. The first kappa shape index (κ1) is 16.9. The monoisotopic (exact) mass is 243 g/mol. The van der Waals surface area contributed by atoms with E-state index in [1.165, 1.54) is 32.1 Å². The van der Waals surface area contributed by atoms with E-state index >= 15 is 0 Å². The van der Waals surface area contributed by atoms with Crippen LogP contribution in [-0.4, -0.2) is 25.8 Å². The molecule has 0 aliphatic heterocycles. The Hall–Kier alpha value is -0.0800. The Morgan fingerprint density at radius 1 is 1.12 bits per heavy atom. The van der Waals surface area contributed by atoms with Crippen LogP contribution in [0, 0.1) is 5.41 Å². The Labute approximate surface area is 109 Å². The van der Waals surface area contributed by atoms with Crippen molar-refractivity contribution < 1.29 is 4.74 Å². The van der Waals surface area contributed by atoms with Crippen molar-refractivity contribution in [2.24, 2.45) is 5.41 Å². The number of hydrogen-bond donors (Lipinski definition) is 1. The smallest absolute Gasteiger partial charge is 0.0518 e. The van der Waals surface area contributed by atoms with Gasteiger partial charge in [0.25, 0.3) is 0 Å². The summed E-state index contributed by atoms with van der Waals surface area (Å²) in [6.07, 6.45) is 6.75. The molecule has 104 valence electrons. The molecule has 0 aromatic rings. The van der Waals surface area contributed by atoms with Crippen molar-refractivity contribution in [1.29, 1.82) is 0 Å². The Morgan fingerprint density at radius 3 is 2.29 bits per heavy atom. The van der Waals surface area contributed by atoms with Gasteiger partial charge in [-0.25, -0.2) is 0 Å². The second-order valence-corrected chi connectivity index (χ2v) is 5.41. The minimum Gasteiger partial charge on any atom is -0.379 e. The van der Waals surface area contributed by atoms with Gasteiger partial charge in [0.1, 0.15) is 0 Å². The third-order valence-corrected chi connectivity index (χ3v) is 3.64. The molecule has 2 nitrogen and oxygen atoms in total. The van der Waals surface area contributed by atoms with Gasteiger partial charge >= 0.3 is 0 Å². The minimum atomic E-state index is 0.356. The van der Waals surface area contributed by atoms with Gasteiger partial charge < -0.3 is 10.1 Å². The van der Waals surface area contributed by atoms with Crippen molar-refractivity contribution in [1.82, 2.24) is 5.32 Å². The molecule has 0 aromatic heterocycles. The van der Waals surface area contributed by atoms with Crippen molar-refractivity contribution >= 4 is 0 Å². The third kappa shape index (κ3) is 7.77. The van der Waals surface area contributed by atoms with Gasteiger partial charge in [0.15, 0.2) is 0 Å². The van der Waals surface area contributed by atoms with E-state index in [0.717, 1.165) is 19.7 Å². The lowest BCUT2D eigenvalue weighted by Crippen LogP contribution is -2.35. The molecule has 0 saturated carbocycles. The summed E-state index contributed by atoms with van der Waals surface area (Å²) in [6.45, 7) is 14.1. The van der Waals surface area contributed by atoms with Gasteiger partial charge in [0.2, 0.25) is 0 Å². The number of hydrogen-bond acceptors (Lipinski definition) is 2. The lowest BCUT2D eigenvalue weighted by atomic mass is 9.77. The van der Waals surface area contributed by atoms with Crippen molar-refractivity contribution in [3.8, 4) is 0 Å². The maximum absolute atomic E-state index is 5.73. The summed E-state index contributed by atoms with van der Waals surface area (Å²) in [5.41, 5.74) is 0.445. The molecule has 1 atom stereocenters. The van der Waals surface area contributed by atoms with Gasteiger partial charge in [-0.05, 0) is 45.1 Å². The standard InChI is InChI=1S/C15H33NO/c1-6-9-10-15(7-2,13-16-8-3)11-12-17-14(4)5/h14,16H,6-13H2,1-5H3. The Kier molecular flexibility index (Phi) is 9.85. The van der Waals surface area contributed by atoms with Gasteiger partial charge in [-0.15, -0.1) is 0 Å². The fourth-order valence-electron chi connectivity index (χ4n) is 2.23. The van der Waals surface area contributed by atoms with Crippen molar-refractivity contribution in [2.45, 2.75) is 72.8 Å². The topological polar surface area (TPSA) is 21.3 Å². The van der Waals surface area contributed by atoms with E-state index in [2.05, 4.69) is 39.9 Å². The van der Waals surface area contributed by atoms with Gasteiger partial charge in [-0.1, -0.05) is 33.6 Å². The molecule has 0 rings (SSSR count).